The predicted octanol–water partition coefficient (Wildman–Crippen LogP) is 2.30. The predicted molar refractivity (Wildman–Crippen MR) is 64.7 cm³/mol. The summed E-state index contributed by atoms with van der Waals surface area (Å²) in [5, 5.41) is 5.96. The molecule has 0 atom stereocenters. The number of nitrogens with zero attached hydrogens (tertiary/aromatic N) is 2. The normalized spacial score (nSPS) is 9.94. The van der Waals surface area contributed by atoms with Gasteiger partial charge in [0, 0.05) is 13.5 Å². The Kier molecular flexibility index (Phi) is 4.98. The van der Waals surface area contributed by atoms with Crippen LogP contribution in [0.5, 0.6) is 0 Å². The molecule has 0 aromatic carbocycles. The van der Waals surface area contributed by atoms with Crippen molar-refractivity contribution in [1.82, 2.24) is 9.97 Å². The largest absolute Gasteiger partial charge is 0.368 e. The Morgan fingerprint density at radius 1 is 1.50 bits per heavy atom. The maximum Gasteiger partial charge on any atom is 0.221 e. The van der Waals surface area contributed by atoms with Crippen molar-refractivity contribution in [3.05, 3.63) is 11.5 Å². The SMILES string of the molecule is CCCCNc1ncnc(Cl)c1NC(C)=O. The number of halogens is 1. The van der Waals surface area contributed by atoms with Crippen LogP contribution in [-0.2, 0) is 4.79 Å². The molecule has 1 rings (SSSR count). The molecule has 1 aromatic heterocycles. The molecule has 2 N–H and O–H groups in total. The van der Waals surface area contributed by atoms with Crippen molar-refractivity contribution in [1.29, 1.82) is 0 Å². The van der Waals surface area contributed by atoms with Crippen LogP contribution in [0.2, 0.25) is 5.15 Å². The molecule has 1 amide bonds. The van der Waals surface area contributed by atoms with Gasteiger partial charge < -0.3 is 10.6 Å². The van der Waals surface area contributed by atoms with Crippen LogP contribution in [0.1, 0.15) is 26.7 Å². The molecule has 6 heteroatoms. The van der Waals surface area contributed by atoms with E-state index >= 15 is 0 Å². The monoisotopic (exact) mass is 242 g/mol. The first kappa shape index (κ1) is 12.7. The van der Waals surface area contributed by atoms with Crippen LogP contribution < -0.4 is 10.6 Å². The molecule has 0 aliphatic carbocycles. The molecule has 5 nitrogen and oxygen atoms in total. The fourth-order valence-corrected chi connectivity index (χ4v) is 1.35. The number of nitrogens with one attached hydrogen (secondary N) is 2. The summed E-state index contributed by atoms with van der Waals surface area (Å²) in [5.41, 5.74) is 0.438. The lowest BCUT2D eigenvalue weighted by Crippen LogP contribution is -2.12. The van der Waals surface area contributed by atoms with Crippen LogP contribution in [0.3, 0.4) is 0 Å². The summed E-state index contributed by atoms with van der Waals surface area (Å²) >= 11 is 5.88. The molecule has 0 bridgehead atoms. The van der Waals surface area contributed by atoms with Gasteiger partial charge in [-0.05, 0) is 6.42 Å². The summed E-state index contributed by atoms with van der Waals surface area (Å²) in [6.07, 6.45) is 3.48. The Morgan fingerprint density at radius 2 is 2.25 bits per heavy atom. The Labute approximate surface area is 99.6 Å². The fourth-order valence-electron chi connectivity index (χ4n) is 1.17. The van der Waals surface area contributed by atoms with Gasteiger partial charge in [0.25, 0.3) is 0 Å². The third-order valence-electron chi connectivity index (χ3n) is 1.92. The quantitative estimate of drug-likeness (QED) is 0.614. The molecule has 0 aliphatic heterocycles. The van der Waals surface area contributed by atoms with Gasteiger partial charge in [-0.15, -0.1) is 0 Å². The first-order valence-electron chi connectivity index (χ1n) is 5.17. The Hall–Kier alpha value is -1.36. The standard InChI is InChI=1S/C10H15ClN4O/c1-3-4-5-12-10-8(15-7(2)16)9(11)13-6-14-10/h6H,3-5H2,1-2H3,(H,15,16)(H,12,13,14). The van der Waals surface area contributed by atoms with E-state index in [4.69, 9.17) is 11.6 Å². The highest BCUT2D eigenvalue weighted by Crippen LogP contribution is 2.25. The summed E-state index contributed by atoms with van der Waals surface area (Å²) in [5.74, 6) is 0.360. The van der Waals surface area contributed by atoms with Gasteiger partial charge >= 0.3 is 0 Å². The number of anilines is 2. The maximum absolute atomic E-state index is 11.0. The van der Waals surface area contributed by atoms with Gasteiger partial charge in [0.2, 0.25) is 5.91 Å². The Bertz CT molecular complexity index is 370. The van der Waals surface area contributed by atoms with Gasteiger partial charge in [-0.2, -0.15) is 0 Å². The summed E-state index contributed by atoms with van der Waals surface area (Å²) in [7, 11) is 0. The van der Waals surface area contributed by atoms with Crippen molar-refractivity contribution >= 4 is 29.0 Å². The third-order valence-corrected chi connectivity index (χ3v) is 2.21. The van der Waals surface area contributed by atoms with E-state index in [1.54, 1.807) is 0 Å². The molecule has 0 unspecified atom stereocenters. The van der Waals surface area contributed by atoms with Crippen LogP contribution >= 0.6 is 11.6 Å². The smallest absolute Gasteiger partial charge is 0.221 e. The second-order valence-corrected chi connectivity index (χ2v) is 3.71. The molecule has 0 spiro atoms. The second-order valence-electron chi connectivity index (χ2n) is 3.35. The van der Waals surface area contributed by atoms with Gasteiger partial charge in [-0.3, -0.25) is 4.79 Å². The highest BCUT2D eigenvalue weighted by Gasteiger charge is 2.10. The molecule has 0 fully saturated rings. The topological polar surface area (TPSA) is 66.9 Å². The highest BCUT2D eigenvalue weighted by molar-refractivity contribution is 6.33. The zero-order valence-electron chi connectivity index (χ0n) is 9.38. The Balaban J connectivity index is 2.80. The second kappa shape index (κ2) is 6.27. The van der Waals surface area contributed by atoms with E-state index in [0.717, 1.165) is 19.4 Å². The number of unbranched alkanes of at least 4 members (excludes halogenated alkanes) is 1. The van der Waals surface area contributed by atoms with Crippen LogP contribution in [0.4, 0.5) is 11.5 Å². The lowest BCUT2D eigenvalue weighted by Gasteiger charge is -2.11. The van der Waals surface area contributed by atoms with Gasteiger partial charge in [-0.25, -0.2) is 9.97 Å². The molecule has 88 valence electrons. The van der Waals surface area contributed by atoms with Crippen molar-refractivity contribution in [3.63, 3.8) is 0 Å². The average Bonchev–Trinajstić information content (AvgIpc) is 2.23. The van der Waals surface area contributed by atoms with E-state index in [-0.39, 0.29) is 11.1 Å². The van der Waals surface area contributed by atoms with Crippen molar-refractivity contribution < 1.29 is 4.79 Å². The highest BCUT2D eigenvalue weighted by atomic mass is 35.5. The van der Waals surface area contributed by atoms with Gasteiger partial charge in [0.15, 0.2) is 11.0 Å². The summed E-state index contributed by atoms with van der Waals surface area (Å²) in [6, 6.07) is 0. The number of carbonyl (C=O) groups excluding carboxylic acids is 1. The number of hydrogen-bond acceptors (Lipinski definition) is 4. The maximum atomic E-state index is 11.0. The number of hydrogen-bond donors (Lipinski definition) is 2. The van der Waals surface area contributed by atoms with Gasteiger partial charge in [-0.1, -0.05) is 24.9 Å². The molecule has 0 aliphatic rings. The number of rotatable bonds is 5. The van der Waals surface area contributed by atoms with Crippen LogP contribution in [-0.4, -0.2) is 22.4 Å². The molecule has 0 saturated carbocycles. The Morgan fingerprint density at radius 3 is 2.88 bits per heavy atom. The van der Waals surface area contributed by atoms with Gasteiger partial charge in [0.05, 0.1) is 0 Å². The lowest BCUT2D eigenvalue weighted by molar-refractivity contribution is -0.114. The number of aromatic nitrogens is 2. The van der Waals surface area contributed by atoms with Crippen molar-refractivity contribution in [2.24, 2.45) is 0 Å². The van der Waals surface area contributed by atoms with Crippen molar-refractivity contribution in [2.45, 2.75) is 26.7 Å². The van der Waals surface area contributed by atoms with E-state index in [1.165, 1.54) is 13.3 Å². The van der Waals surface area contributed by atoms with E-state index in [2.05, 4.69) is 27.5 Å². The van der Waals surface area contributed by atoms with E-state index in [1.807, 2.05) is 0 Å². The zero-order valence-corrected chi connectivity index (χ0v) is 10.1. The molecule has 0 radical (unpaired) electrons. The molecule has 16 heavy (non-hydrogen) atoms. The number of carbonyl (C=O) groups is 1. The lowest BCUT2D eigenvalue weighted by atomic mass is 10.3. The zero-order chi connectivity index (χ0) is 12.0. The van der Waals surface area contributed by atoms with Crippen LogP contribution in [0.15, 0.2) is 6.33 Å². The minimum absolute atomic E-state index is 0.199. The van der Waals surface area contributed by atoms with Gasteiger partial charge in [0.1, 0.15) is 12.0 Å². The summed E-state index contributed by atoms with van der Waals surface area (Å²) in [4.78, 5) is 18.9. The first-order valence-corrected chi connectivity index (χ1v) is 5.55. The minimum atomic E-state index is -0.199. The molecule has 1 heterocycles. The molecular weight excluding hydrogens is 228 g/mol. The molecule has 0 saturated heterocycles. The fraction of sp³-hybridized carbons (Fsp3) is 0.500. The minimum Gasteiger partial charge on any atom is -0.368 e. The van der Waals surface area contributed by atoms with E-state index in [9.17, 15) is 4.79 Å². The van der Waals surface area contributed by atoms with Crippen molar-refractivity contribution in [3.8, 4) is 0 Å². The average molecular weight is 243 g/mol. The van der Waals surface area contributed by atoms with E-state index in [0.29, 0.717) is 11.5 Å². The first-order chi connectivity index (χ1) is 7.65. The van der Waals surface area contributed by atoms with Crippen LogP contribution in [0.25, 0.3) is 0 Å². The number of amides is 1. The summed E-state index contributed by atoms with van der Waals surface area (Å²) < 4.78 is 0. The van der Waals surface area contributed by atoms with Crippen molar-refractivity contribution in [2.75, 3.05) is 17.2 Å². The van der Waals surface area contributed by atoms with Crippen LogP contribution in [0, 0.1) is 0 Å². The molecule has 1 aromatic rings. The third kappa shape index (κ3) is 3.66. The summed E-state index contributed by atoms with van der Waals surface area (Å²) in [6.45, 7) is 4.30. The molecular formula is C10H15ClN4O. The van der Waals surface area contributed by atoms with E-state index < -0.39 is 0 Å².